The second-order valence-corrected chi connectivity index (χ2v) is 5.21. The Bertz CT molecular complexity index is 666. The van der Waals surface area contributed by atoms with Crippen LogP contribution in [0.2, 0.25) is 5.02 Å². The van der Waals surface area contributed by atoms with Crippen molar-refractivity contribution in [1.29, 1.82) is 5.26 Å². The van der Waals surface area contributed by atoms with Gasteiger partial charge in [0.15, 0.2) is 0 Å². The fourth-order valence-corrected chi connectivity index (χ4v) is 2.21. The van der Waals surface area contributed by atoms with Gasteiger partial charge in [-0.25, -0.2) is 4.39 Å². The smallest absolute Gasteiger partial charge is 0.138 e. The Kier molecular flexibility index (Phi) is 5.19. The van der Waals surface area contributed by atoms with Crippen molar-refractivity contribution >= 4 is 11.6 Å². The lowest BCUT2D eigenvalue weighted by molar-refractivity contribution is 0.306. The highest BCUT2D eigenvalue weighted by atomic mass is 35.5. The maximum Gasteiger partial charge on any atom is 0.138 e. The monoisotopic (exact) mass is 303 g/mol. The van der Waals surface area contributed by atoms with E-state index in [4.69, 9.17) is 16.3 Å². The number of nitrogens with zero attached hydrogens (tertiary/aromatic N) is 1. The molecule has 108 valence electrons. The number of aryl methyl sites for hydroxylation is 1. The van der Waals surface area contributed by atoms with E-state index >= 15 is 0 Å². The molecular formula is C17H15ClFNO. The van der Waals surface area contributed by atoms with Crippen molar-refractivity contribution in [1.82, 2.24) is 0 Å². The predicted molar refractivity (Wildman–Crippen MR) is 81.1 cm³/mol. The van der Waals surface area contributed by atoms with Crippen LogP contribution < -0.4 is 4.74 Å². The number of hydrogen-bond acceptors (Lipinski definition) is 2. The van der Waals surface area contributed by atoms with Crippen molar-refractivity contribution in [2.45, 2.75) is 19.3 Å². The minimum Gasteiger partial charge on any atom is -0.492 e. The SMILES string of the molecule is Cc1ccc(Cl)c(OCCC(C#N)c2cccc(F)c2)c1. The molecule has 21 heavy (non-hydrogen) atoms. The lowest BCUT2D eigenvalue weighted by Gasteiger charge is -2.12. The second kappa shape index (κ2) is 7.10. The molecule has 0 saturated heterocycles. The van der Waals surface area contributed by atoms with Gasteiger partial charge in [0.1, 0.15) is 11.6 Å². The van der Waals surface area contributed by atoms with E-state index in [1.807, 2.05) is 19.1 Å². The first-order valence-electron chi connectivity index (χ1n) is 6.64. The van der Waals surface area contributed by atoms with Gasteiger partial charge in [0.25, 0.3) is 0 Å². The van der Waals surface area contributed by atoms with Crippen LogP contribution in [0.1, 0.15) is 23.5 Å². The van der Waals surface area contributed by atoms with Crippen LogP contribution in [0.5, 0.6) is 5.75 Å². The first-order valence-corrected chi connectivity index (χ1v) is 7.02. The predicted octanol–water partition coefficient (Wildman–Crippen LogP) is 4.86. The summed E-state index contributed by atoms with van der Waals surface area (Å²) in [7, 11) is 0. The number of benzene rings is 2. The molecule has 0 saturated carbocycles. The third kappa shape index (κ3) is 4.21. The number of ether oxygens (including phenoxy) is 1. The molecule has 0 spiro atoms. The molecule has 0 aromatic heterocycles. The van der Waals surface area contributed by atoms with Crippen molar-refractivity contribution in [3.05, 3.63) is 64.4 Å². The topological polar surface area (TPSA) is 33.0 Å². The van der Waals surface area contributed by atoms with Crippen LogP contribution in [0.15, 0.2) is 42.5 Å². The summed E-state index contributed by atoms with van der Waals surface area (Å²) in [6.45, 7) is 2.30. The Balaban J connectivity index is 1.98. The summed E-state index contributed by atoms with van der Waals surface area (Å²) in [4.78, 5) is 0. The van der Waals surface area contributed by atoms with E-state index < -0.39 is 5.92 Å². The molecule has 2 aromatic rings. The largest absolute Gasteiger partial charge is 0.492 e. The van der Waals surface area contributed by atoms with E-state index in [2.05, 4.69) is 6.07 Å². The van der Waals surface area contributed by atoms with Gasteiger partial charge in [0.2, 0.25) is 0 Å². The second-order valence-electron chi connectivity index (χ2n) is 4.81. The van der Waals surface area contributed by atoms with Crippen LogP contribution >= 0.6 is 11.6 Å². The molecule has 0 heterocycles. The number of halogens is 2. The normalized spacial score (nSPS) is 11.7. The molecule has 2 rings (SSSR count). The Morgan fingerprint density at radius 1 is 1.29 bits per heavy atom. The van der Waals surface area contributed by atoms with Gasteiger partial charge in [-0.05, 0) is 42.3 Å². The quantitative estimate of drug-likeness (QED) is 0.790. The standard InChI is InChI=1S/C17H15ClFNO/c1-12-5-6-16(18)17(9-12)21-8-7-14(11-20)13-3-2-4-15(19)10-13/h2-6,9-10,14H,7-8H2,1H3. The lowest BCUT2D eigenvalue weighted by Crippen LogP contribution is -2.05. The molecule has 0 N–H and O–H groups in total. The molecule has 0 aliphatic rings. The fraction of sp³-hybridized carbons (Fsp3) is 0.235. The molecule has 1 unspecified atom stereocenters. The summed E-state index contributed by atoms with van der Waals surface area (Å²) in [6, 6.07) is 13.8. The van der Waals surface area contributed by atoms with Gasteiger partial charge in [0, 0.05) is 6.42 Å². The Morgan fingerprint density at radius 3 is 2.81 bits per heavy atom. The number of rotatable bonds is 5. The summed E-state index contributed by atoms with van der Waals surface area (Å²) >= 11 is 6.04. The summed E-state index contributed by atoms with van der Waals surface area (Å²) in [5.41, 5.74) is 1.72. The van der Waals surface area contributed by atoms with Crippen molar-refractivity contribution in [2.24, 2.45) is 0 Å². The zero-order valence-electron chi connectivity index (χ0n) is 11.6. The van der Waals surface area contributed by atoms with Gasteiger partial charge in [-0.2, -0.15) is 5.26 Å². The highest BCUT2D eigenvalue weighted by molar-refractivity contribution is 6.32. The lowest BCUT2D eigenvalue weighted by atomic mass is 9.98. The van der Waals surface area contributed by atoms with E-state index in [1.165, 1.54) is 12.1 Å². The molecule has 2 aromatic carbocycles. The van der Waals surface area contributed by atoms with Crippen LogP contribution in [0.3, 0.4) is 0 Å². The molecule has 1 atom stereocenters. The summed E-state index contributed by atoms with van der Waals surface area (Å²) in [5.74, 6) is -0.132. The highest BCUT2D eigenvalue weighted by Crippen LogP contribution is 2.26. The van der Waals surface area contributed by atoms with Crippen LogP contribution in [0.4, 0.5) is 4.39 Å². The molecule has 0 aliphatic carbocycles. The van der Waals surface area contributed by atoms with Gasteiger partial charge in [-0.3, -0.25) is 0 Å². The highest BCUT2D eigenvalue weighted by Gasteiger charge is 2.12. The molecule has 4 heteroatoms. The van der Waals surface area contributed by atoms with Gasteiger partial charge in [0.05, 0.1) is 23.6 Å². The van der Waals surface area contributed by atoms with Crippen molar-refractivity contribution in [3.8, 4) is 11.8 Å². The van der Waals surface area contributed by atoms with Crippen molar-refractivity contribution in [2.75, 3.05) is 6.61 Å². The number of hydrogen-bond donors (Lipinski definition) is 0. The average molecular weight is 304 g/mol. The molecule has 2 nitrogen and oxygen atoms in total. The van der Waals surface area contributed by atoms with E-state index in [1.54, 1.807) is 18.2 Å². The van der Waals surface area contributed by atoms with Crippen LogP contribution in [-0.4, -0.2) is 6.61 Å². The van der Waals surface area contributed by atoms with Crippen molar-refractivity contribution < 1.29 is 9.13 Å². The van der Waals surface area contributed by atoms with Crippen molar-refractivity contribution in [3.63, 3.8) is 0 Å². The molecule has 0 radical (unpaired) electrons. The molecule has 0 amide bonds. The van der Waals surface area contributed by atoms with Gasteiger partial charge in [-0.1, -0.05) is 29.8 Å². The maximum absolute atomic E-state index is 13.2. The van der Waals surface area contributed by atoms with Gasteiger partial charge < -0.3 is 4.74 Å². The third-order valence-corrected chi connectivity index (χ3v) is 3.47. The number of nitriles is 1. The molecule has 0 fully saturated rings. The van der Waals surface area contributed by atoms with Gasteiger partial charge >= 0.3 is 0 Å². The Labute approximate surface area is 128 Å². The Hall–Kier alpha value is -2.05. The van der Waals surface area contributed by atoms with Crippen LogP contribution in [0.25, 0.3) is 0 Å². The van der Waals surface area contributed by atoms with Crippen LogP contribution in [0, 0.1) is 24.1 Å². The average Bonchev–Trinajstić information content (AvgIpc) is 2.47. The first-order chi connectivity index (χ1) is 10.1. The first kappa shape index (κ1) is 15.3. The van der Waals surface area contributed by atoms with E-state index in [0.29, 0.717) is 29.4 Å². The fourth-order valence-electron chi connectivity index (χ4n) is 2.04. The third-order valence-electron chi connectivity index (χ3n) is 3.16. The molecule has 0 bridgehead atoms. The summed E-state index contributed by atoms with van der Waals surface area (Å²) in [6.07, 6.45) is 0.476. The summed E-state index contributed by atoms with van der Waals surface area (Å²) in [5, 5.41) is 9.75. The zero-order chi connectivity index (χ0) is 15.2. The van der Waals surface area contributed by atoms with E-state index in [9.17, 15) is 9.65 Å². The van der Waals surface area contributed by atoms with Gasteiger partial charge in [-0.15, -0.1) is 0 Å². The minimum atomic E-state index is -0.399. The summed E-state index contributed by atoms with van der Waals surface area (Å²) < 4.78 is 18.8. The maximum atomic E-state index is 13.2. The molecule has 0 aliphatic heterocycles. The van der Waals surface area contributed by atoms with Crippen LogP contribution in [-0.2, 0) is 0 Å². The van der Waals surface area contributed by atoms with E-state index in [0.717, 1.165) is 5.56 Å². The zero-order valence-corrected chi connectivity index (χ0v) is 12.4. The molecular weight excluding hydrogens is 289 g/mol. The van der Waals surface area contributed by atoms with E-state index in [-0.39, 0.29) is 5.82 Å². The Morgan fingerprint density at radius 2 is 2.10 bits per heavy atom. The minimum absolute atomic E-state index is 0.338.